The first-order valence-electron chi connectivity index (χ1n) is 5.84. The zero-order valence-electron chi connectivity index (χ0n) is 8.28. The Morgan fingerprint density at radius 3 is 2.50 bits per heavy atom. The van der Waals surface area contributed by atoms with Gasteiger partial charge in [0.15, 0.2) is 0 Å². The molecule has 74 valence electrons. The lowest BCUT2D eigenvalue weighted by Crippen LogP contribution is -2.25. The summed E-state index contributed by atoms with van der Waals surface area (Å²) in [4.78, 5) is 0. The van der Waals surface area contributed by atoms with Crippen molar-refractivity contribution in [2.45, 2.75) is 43.9 Å². The Morgan fingerprint density at radius 2 is 1.71 bits per heavy atom. The standard InChI is InChI=1S/C12H15NO/c1-7-2-9-3-8(1)5-10(4-7)12-11(9)6-14-13-12/h6-10H,1-5H2. The lowest BCUT2D eigenvalue weighted by molar-refractivity contribution is 0.161. The summed E-state index contributed by atoms with van der Waals surface area (Å²) in [6, 6.07) is 0. The fourth-order valence-corrected chi connectivity index (χ4v) is 4.20. The molecule has 1 aromatic heterocycles. The van der Waals surface area contributed by atoms with Gasteiger partial charge in [0.05, 0.1) is 5.69 Å². The molecule has 0 saturated heterocycles. The van der Waals surface area contributed by atoms with Gasteiger partial charge in [-0.25, -0.2) is 0 Å². The topological polar surface area (TPSA) is 26.0 Å². The molecular weight excluding hydrogens is 174 g/mol. The first-order valence-corrected chi connectivity index (χ1v) is 5.84. The van der Waals surface area contributed by atoms with E-state index in [0.717, 1.165) is 23.7 Å². The van der Waals surface area contributed by atoms with Crippen molar-refractivity contribution in [3.8, 4) is 0 Å². The number of aromatic nitrogens is 1. The minimum atomic E-state index is 0.736. The molecule has 0 aromatic carbocycles. The third-order valence-corrected chi connectivity index (χ3v) is 4.59. The van der Waals surface area contributed by atoms with Crippen LogP contribution in [-0.4, -0.2) is 5.16 Å². The van der Waals surface area contributed by atoms with E-state index >= 15 is 0 Å². The molecule has 5 rings (SSSR count). The Bertz CT molecular complexity index is 326. The monoisotopic (exact) mass is 189 g/mol. The lowest BCUT2D eigenvalue weighted by Gasteiger charge is -2.38. The van der Waals surface area contributed by atoms with Crippen molar-refractivity contribution in [2.24, 2.45) is 11.8 Å². The Kier molecular flexibility index (Phi) is 1.29. The number of hydrogen-bond donors (Lipinski definition) is 0. The van der Waals surface area contributed by atoms with Crippen molar-refractivity contribution in [2.75, 3.05) is 0 Å². The molecule has 0 amide bonds. The van der Waals surface area contributed by atoms with Crippen molar-refractivity contribution in [1.29, 1.82) is 0 Å². The van der Waals surface area contributed by atoms with Crippen molar-refractivity contribution < 1.29 is 4.52 Å². The molecule has 2 fully saturated rings. The van der Waals surface area contributed by atoms with Gasteiger partial charge in [0.25, 0.3) is 0 Å². The second-order valence-electron chi connectivity index (χ2n) is 5.46. The third kappa shape index (κ3) is 0.844. The van der Waals surface area contributed by atoms with E-state index in [1.807, 2.05) is 6.26 Å². The van der Waals surface area contributed by atoms with Crippen LogP contribution in [0.25, 0.3) is 0 Å². The van der Waals surface area contributed by atoms with E-state index in [1.165, 1.54) is 43.4 Å². The van der Waals surface area contributed by atoms with Crippen LogP contribution in [-0.2, 0) is 0 Å². The maximum atomic E-state index is 5.16. The summed E-state index contributed by atoms with van der Waals surface area (Å²) < 4.78 is 5.16. The van der Waals surface area contributed by atoms with Crippen LogP contribution in [0.4, 0.5) is 0 Å². The van der Waals surface area contributed by atoms with Crippen molar-refractivity contribution in [3.63, 3.8) is 0 Å². The summed E-state index contributed by atoms with van der Waals surface area (Å²) in [7, 11) is 0. The van der Waals surface area contributed by atoms with E-state index in [4.69, 9.17) is 4.52 Å². The summed E-state index contributed by atoms with van der Waals surface area (Å²) in [5.41, 5.74) is 2.78. The van der Waals surface area contributed by atoms with Crippen molar-refractivity contribution >= 4 is 0 Å². The van der Waals surface area contributed by atoms with Gasteiger partial charge < -0.3 is 4.52 Å². The predicted octanol–water partition coefficient (Wildman–Crippen LogP) is 3.07. The van der Waals surface area contributed by atoms with Crippen LogP contribution in [0.2, 0.25) is 0 Å². The largest absolute Gasteiger partial charge is 0.364 e. The molecule has 2 saturated carbocycles. The van der Waals surface area contributed by atoms with E-state index in [2.05, 4.69) is 5.16 Å². The molecule has 2 heteroatoms. The fraction of sp³-hybridized carbons (Fsp3) is 0.750. The zero-order valence-corrected chi connectivity index (χ0v) is 8.28. The highest BCUT2D eigenvalue weighted by Crippen LogP contribution is 2.55. The van der Waals surface area contributed by atoms with Gasteiger partial charge in [-0.2, -0.15) is 0 Å². The molecular formula is C12H15NO. The van der Waals surface area contributed by atoms with Gasteiger partial charge in [0, 0.05) is 11.5 Å². The molecule has 1 heterocycles. The minimum Gasteiger partial charge on any atom is -0.364 e. The van der Waals surface area contributed by atoms with Crippen molar-refractivity contribution in [3.05, 3.63) is 17.5 Å². The predicted molar refractivity (Wildman–Crippen MR) is 52.1 cm³/mol. The maximum absolute atomic E-state index is 5.16. The molecule has 4 bridgehead atoms. The first kappa shape index (κ1) is 7.49. The van der Waals surface area contributed by atoms with Crippen LogP contribution < -0.4 is 0 Å². The molecule has 0 aliphatic heterocycles. The molecule has 2 nitrogen and oxygen atoms in total. The Hall–Kier alpha value is -0.790. The first-order chi connectivity index (χ1) is 6.90. The Morgan fingerprint density at radius 1 is 1.00 bits per heavy atom. The van der Waals surface area contributed by atoms with Crippen molar-refractivity contribution in [1.82, 2.24) is 5.16 Å². The maximum Gasteiger partial charge on any atom is 0.127 e. The Labute approximate surface area is 83.7 Å². The number of rotatable bonds is 0. The average molecular weight is 189 g/mol. The smallest absolute Gasteiger partial charge is 0.127 e. The SMILES string of the molecule is c1onc2c1C1CC3CC(C1)CC2C3. The lowest BCUT2D eigenvalue weighted by atomic mass is 9.67. The van der Waals surface area contributed by atoms with Crippen LogP contribution in [0.1, 0.15) is 55.2 Å². The second kappa shape index (κ2) is 2.41. The molecule has 14 heavy (non-hydrogen) atoms. The molecule has 1 aromatic rings. The summed E-state index contributed by atoms with van der Waals surface area (Å²) in [5.74, 6) is 3.51. The van der Waals surface area contributed by atoms with Gasteiger partial charge in [-0.05, 0) is 49.9 Å². The summed E-state index contributed by atoms with van der Waals surface area (Å²) >= 11 is 0. The molecule has 2 unspecified atom stereocenters. The molecule has 4 aliphatic carbocycles. The Balaban J connectivity index is 1.90. The van der Waals surface area contributed by atoms with Gasteiger partial charge in [-0.3, -0.25) is 0 Å². The van der Waals surface area contributed by atoms with Gasteiger partial charge in [-0.15, -0.1) is 0 Å². The van der Waals surface area contributed by atoms with Crippen LogP contribution >= 0.6 is 0 Å². The number of hydrogen-bond acceptors (Lipinski definition) is 2. The molecule has 0 N–H and O–H groups in total. The van der Waals surface area contributed by atoms with Crippen LogP contribution in [0.5, 0.6) is 0 Å². The zero-order chi connectivity index (χ0) is 9.12. The van der Waals surface area contributed by atoms with E-state index < -0.39 is 0 Å². The molecule has 2 atom stereocenters. The van der Waals surface area contributed by atoms with Crippen LogP contribution in [0.15, 0.2) is 10.8 Å². The minimum absolute atomic E-state index is 0.736. The van der Waals surface area contributed by atoms with E-state index in [1.54, 1.807) is 0 Å². The molecule has 4 aliphatic rings. The number of nitrogens with zero attached hydrogens (tertiary/aromatic N) is 1. The van der Waals surface area contributed by atoms with E-state index in [0.29, 0.717) is 0 Å². The van der Waals surface area contributed by atoms with E-state index in [9.17, 15) is 0 Å². The second-order valence-corrected chi connectivity index (χ2v) is 5.46. The van der Waals surface area contributed by atoms with E-state index in [-0.39, 0.29) is 0 Å². The normalized spacial score (nSPS) is 43.7. The van der Waals surface area contributed by atoms with Gasteiger partial charge in [0.1, 0.15) is 6.26 Å². The van der Waals surface area contributed by atoms with Crippen LogP contribution in [0, 0.1) is 11.8 Å². The average Bonchev–Trinajstić information content (AvgIpc) is 2.58. The molecule has 0 radical (unpaired) electrons. The highest BCUT2D eigenvalue weighted by atomic mass is 16.5. The highest BCUT2D eigenvalue weighted by molar-refractivity contribution is 5.28. The molecule has 0 spiro atoms. The van der Waals surface area contributed by atoms with Gasteiger partial charge in [0.2, 0.25) is 0 Å². The van der Waals surface area contributed by atoms with Gasteiger partial charge >= 0.3 is 0 Å². The summed E-state index contributed by atoms with van der Waals surface area (Å²) in [6.45, 7) is 0. The summed E-state index contributed by atoms with van der Waals surface area (Å²) in [5, 5.41) is 4.24. The fourth-order valence-electron chi connectivity index (χ4n) is 4.20. The third-order valence-electron chi connectivity index (χ3n) is 4.59. The quantitative estimate of drug-likeness (QED) is 0.627. The summed E-state index contributed by atoms with van der Waals surface area (Å²) in [6.07, 6.45) is 8.99. The van der Waals surface area contributed by atoms with Crippen LogP contribution in [0.3, 0.4) is 0 Å². The highest BCUT2D eigenvalue weighted by Gasteiger charge is 2.43. The van der Waals surface area contributed by atoms with Gasteiger partial charge in [-0.1, -0.05) is 5.16 Å².